The molecule has 0 aliphatic rings. The van der Waals surface area contributed by atoms with E-state index in [0.29, 0.717) is 19.4 Å². The lowest BCUT2D eigenvalue weighted by Crippen LogP contribution is -2.23. The molecule has 0 aliphatic carbocycles. The van der Waals surface area contributed by atoms with Crippen molar-refractivity contribution in [1.82, 2.24) is 24.9 Å². The molecule has 0 unspecified atom stereocenters. The van der Waals surface area contributed by atoms with Gasteiger partial charge >= 0.3 is 0 Å². The molecule has 0 radical (unpaired) electrons. The zero-order chi connectivity index (χ0) is 14.7. The summed E-state index contributed by atoms with van der Waals surface area (Å²) in [6, 6.07) is 4.01. The number of hydrogen-bond donors (Lipinski definition) is 2. The number of aryl methyl sites for hydroxylation is 2. The standard InChI is InChI=1S/C15H17N5O/c1-11-3-2-6-20-10-13(19-15(11)20)9-16-14(21)5-4-12-7-17-18-8-12/h2-3,6-8,10H,4-5,9H2,1H3,(H,16,21)(H,17,18). The molecule has 1 amide bonds. The van der Waals surface area contributed by atoms with Gasteiger partial charge in [-0.25, -0.2) is 4.98 Å². The summed E-state index contributed by atoms with van der Waals surface area (Å²) in [4.78, 5) is 16.3. The van der Waals surface area contributed by atoms with Gasteiger partial charge in [0.05, 0.1) is 18.4 Å². The molecule has 0 fully saturated rings. The molecule has 6 heteroatoms. The number of fused-ring (bicyclic) bond motifs is 1. The topological polar surface area (TPSA) is 75.1 Å². The summed E-state index contributed by atoms with van der Waals surface area (Å²) in [5.74, 6) is 0.0185. The van der Waals surface area contributed by atoms with Gasteiger partial charge in [0.15, 0.2) is 0 Å². The van der Waals surface area contributed by atoms with Gasteiger partial charge < -0.3 is 9.72 Å². The first-order chi connectivity index (χ1) is 10.2. The lowest BCUT2D eigenvalue weighted by atomic mass is 10.2. The van der Waals surface area contributed by atoms with Crippen LogP contribution < -0.4 is 5.32 Å². The zero-order valence-corrected chi connectivity index (χ0v) is 11.8. The molecule has 0 aliphatic heterocycles. The third-order valence-corrected chi connectivity index (χ3v) is 3.39. The number of aromatic amines is 1. The van der Waals surface area contributed by atoms with E-state index in [1.165, 1.54) is 0 Å². The fourth-order valence-electron chi connectivity index (χ4n) is 2.24. The molecule has 3 heterocycles. The minimum atomic E-state index is 0.0185. The number of hydrogen-bond acceptors (Lipinski definition) is 3. The molecule has 21 heavy (non-hydrogen) atoms. The van der Waals surface area contributed by atoms with Gasteiger partial charge in [0, 0.05) is 25.0 Å². The van der Waals surface area contributed by atoms with Crippen molar-refractivity contribution in [2.75, 3.05) is 0 Å². The molecular formula is C15H17N5O. The highest BCUT2D eigenvalue weighted by Crippen LogP contribution is 2.09. The molecule has 0 bridgehead atoms. The van der Waals surface area contributed by atoms with Gasteiger partial charge in [0.25, 0.3) is 0 Å². The maximum Gasteiger partial charge on any atom is 0.220 e. The molecule has 2 N–H and O–H groups in total. The maximum atomic E-state index is 11.8. The number of carbonyl (C=O) groups excluding carboxylic acids is 1. The molecule has 0 spiro atoms. The van der Waals surface area contributed by atoms with Crippen LogP contribution in [-0.2, 0) is 17.8 Å². The number of rotatable bonds is 5. The van der Waals surface area contributed by atoms with E-state index >= 15 is 0 Å². The SMILES string of the molecule is Cc1cccn2cc(CNC(=O)CCc3cn[nH]c3)nc12. The Bertz CT molecular complexity index is 745. The van der Waals surface area contributed by atoms with Gasteiger partial charge in [-0.3, -0.25) is 9.89 Å². The molecule has 0 saturated carbocycles. The summed E-state index contributed by atoms with van der Waals surface area (Å²) in [6.45, 7) is 2.47. The van der Waals surface area contributed by atoms with Gasteiger partial charge in [-0.2, -0.15) is 5.10 Å². The van der Waals surface area contributed by atoms with Gasteiger partial charge in [-0.15, -0.1) is 0 Å². The summed E-state index contributed by atoms with van der Waals surface area (Å²) in [7, 11) is 0. The first kappa shape index (κ1) is 13.4. The van der Waals surface area contributed by atoms with Crippen molar-refractivity contribution >= 4 is 11.6 Å². The second-order valence-electron chi connectivity index (χ2n) is 5.04. The van der Waals surface area contributed by atoms with Crippen LogP contribution in [0.25, 0.3) is 5.65 Å². The van der Waals surface area contributed by atoms with Crippen LogP contribution in [0.3, 0.4) is 0 Å². The van der Waals surface area contributed by atoms with Crippen LogP contribution in [0.2, 0.25) is 0 Å². The highest BCUT2D eigenvalue weighted by Gasteiger charge is 2.06. The number of nitrogens with zero attached hydrogens (tertiary/aromatic N) is 3. The first-order valence-corrected chi connectivity index (χ1v) is 6.90. The van der Waals surface area contributed by atoms with Crippen LogP contribution in [0, 0.1) is 6.92 Å². The van der Waals surface area contributed by atoms with Gasteiger partial charge in [-0.05, 0) is 30.5 Å². The fraction of sp³-hybridized carbons (Fsp3) is 0.267. The Balaban J connectivity index is 1.56. The van der Waals surface area contributed by atoms with Crippen LogP contribution in [0.5, 0.6) is 0 Å². The number of nitrogens with one attached hydrogen (secondary N) is 2. The Labute approximate surface area is 122 Å². The summed E-state index contributed by atoms with van der Waals surface area (Å²) < 4.78 is 1.97. The first-order valence-electron chi connectivity index (χ1n) is 6.90. The lowest BCUT2D eigenvalue weighted by molar-refractivity contribution is -0.121. The Kier molecular flexibility index (Phi) is 3.68. The molecule has 0 saturated heterocycles. The third kappa shape index (κ3) is 3.10. The largest absolute Gasteiger partial charge is 0.350 e. The number of pyridine rings is 1. The molecule has 3 rings (SSSR count). The van der Waals surface area contributed by atoms with Crippen LogP contribution in [-0.4, -0.2) is 25.5 Å². The predicted octanol–water partition coefficient (Wildman–Crippen LogP) is 1.61. The van der Waals surface area contributed by atoms with E-state index < -0.39 is 0 Å². The van der Waals surface area contributed by atoms with Crippen molar-refractivity contribution in [3.63, 3.8) is 0 Å². The Morgan fingerprint density at radius 3 is 3.14 bits per heavy atom. The van der Waals surface area contributed by atoms with Crippen LogP contribution in [0.15, 0.2) is 36.9 Å². The van der Waals surface area contributed by atoms with Gasteiger partial charge in [0.2, 0.25) is 5.91 Å². The molecule has 3 aromatic rings. The molecule has 108 valence electrons. The quantitative estimate of drug-likeness (QED) is 0.747. The Morgan fingerprint density at radius 2 is 2.38 bits per heavy atom. The number of H-pyrrole nitrogens is 1. The number of aromatic nitrogens is 4. The summed E-state index contributed by atoms with van der Waals surface area (Å²) in [5.41, 5.74) is 3.95. The van der Waals surface area contributed by atoms with Gasteiger partial charge in [-0.1, -0.05) is 6.07 Å². The molecule has 0 atom stereocenters. The normalized spacial score (nSPS) is 10.9. The van der Waals surface area contributed by atoms with E-state index in [-0.39, 0.29) is 5.91 Å². The molecule has 3 aromatic heterocycles. The van der Waals surface area contributed by atoms with E-state index in [1.54, 1.807) is 12.4 Å². The Hall–Kier alpha value is -2.63. The van der Waals surface area contributed by atoms with E-state index in [1.807, 2.05) is 35.9 Å². The van der Waals surface area contributed by atoms with Crippen molar-refractivity contribution < 1.29 is 4.79 Å². The summed E-state index contributed by atoms with van der Waals surface area (Å²) in [5, 5.41) is 9.49. The van der Waals surface area contributed by atoms with E-state index in [4.69, 9.17) is 0 Å². The maximum absolute atomic E-state index is 11.8. The minimum Gasteiger partial charge on any atom is -0.350 e. The van der Waals surface area contributed by atoms with Crippen LogP contribution in [0.4, 0.5) is 0 Å². The highest BCUT2D eigenvalue weighted by atomic mass is 16.1. The summed E-state index contributed by atoms with van der Waals surface area (Å²) >= 11 is 0. The highest BCUT2D eigenvalue weighted by molar-refractivity contribution is 5.76. The number of imidazole rings is 1. The molecular weight excluding hydrogens is 266 g/mol. The smallest absolute Gasteiger partial charge is 0.220 e. The average Bonchev–Trinajstić information content (AvgIpc) is 3.12. The van der Waals surface area contributed by atoms with Crippen molar-refractivity contribution in [3.8, 4) is 0 Å². The number of amides is 1. The third-order valence-electron chi connectivity index (χ3n) is 3.39. The van der Waals surface area contributed by atoms with Crippen molar-refractivity contribution in [1.29, 1.82) is 0 Å². The molecule has 0 aromatic carbocycles. The van der Waals surface area contributed by atoms with Crippen molar-refractivity contribution in [2.24, 2.45) is 0 Å². The Morgan fingerprint density at radius 1 is 1.48 bits per heavy atom. The van der Waals surface area contributed by atoms with E-state index in [0.717, 1.165) is 22.5 Å². The summed E-state index contributed by atoms with van der Waals surface area (Å²) in [6.07, 6.45) is 8.58. The lowest BCUT2D eigenvalue weighted by Gasteiger charge is -2.01. The second-order valence-corrected chi connectivity index (χ2v) is 5.04. The predicted molar refractivity (Wildman–Crippen MR) is 78.7 cm³/mol. The van der Waals surface area contributed by atoms with Gasteiger partial charge in [0.1, 0.15) is 5.65 Å². The number of carbonyl (C=O) groups is 1. The monoisotopic (exact) mass is 283 g/mol. The average molecular weight is 283 g/mol. The second kappa shape index (κ2) is 5.78. The van der Waals surface area contributed by atoms with Crippen LogP contribution in [0.1, 0.15) is 23.2 Å². The van der Waals surface area contributed by atoms with Crippen molar-refractivity contribution in [3.05, 3.63) is 53.7 Å². The molecule has 6 nitrogen and oxygen atoms in total. The fourth-order valence-corrected chi connectivity index (χ4v) is 2.24. The zero-order valence-electron chi connectivity index (χ0n) is 11.8. The minimum absolute atomic E-state index is 0.0185. The van der Waals surface area contributed by atoms with Crippen LogP contribution >= 0.6 is 0 Å². The van der Waals surface area contributed by atoms with E-state index in [9.17, 15) is 4.79 Å². The van der Waals surface area contributed by atoms with E-state index in [2.05, 4.69) is 20.5 Å². The van der Waals surface area contributed by atoms with Crippen molar-refractivity contribution in [2.45, 2.75) is 26.3 Å².